The molecule has 2 aromatic carbocycles. The average Bonchev–Trinajstić information content (AvgIpc) is 3.50. The van der Waals surface area contributed by atoms with E-state index in [1.165, 1.54) is 30.5 Å². The van der Waals surface area contributed by atoms with Gasteiger partial charge in [-0.1, -0.05) is 0 Å². The van der Waals surface area contributed by atoms with Crippen LogP contribution in [0.3, 0.4) is 0 Å². The van der Waals surface area contributed by atoms with Crippen LogP contribution in [0, 0.1) is 10.1 Å². The number of hydrogen-bond acceptors (Lipinski definition) is 9. The minimum absolute atomic E-state index is 0.225. The van der Waals surface area contributed by atoms with Crippen LogP contribution in [0.2, 0.25) is 0 Å². The largest absolute Gasteiger partial charge is 0.573 e. The van der Waals surface area contributed by atoms with E-state index in [0.29, 0.717) is 30.7 Å². The SMILES string of the molecule is CN(CCCOc1ccc(OC(F)(F)F)cc1)C1CCN(c2ccc(OC[C@@]3(C)Cn4cc([N+](=O)[O-])nc4O3)cc2)CC1. The molecule has 1 atom stereocenters. The minimum Gasteiger partial charge on any atom is -0.494 e. The maximum atomic E-state index is 12.3. The molecule has 43 heavy (non-hydrogen) atoms. The topological polar surface area (TPSA) is 104 Å². The zero-order chi connectivity index (χ0) is 30.6. The van der Waals surface area contributed by atoms with Gasteiger partial charge in [-0.2, -0.15) is 0 Å². The molecule has 232 valence electrons. The Labute approximate surface area is 246 Å². The summed E-state index contributed by atoms with van der Waals surface area (Å²) in [4.78, 5) is 19.0. The van der Waals surface area contributed by atoms with E-state index in [0.717, 1.165) is 44.6 Å². The molecule has 3 heterocycles. The zero-order valence-corrected chi connectivity index (χ0v) is 24.0. The molecule has 2 aliphatic rings. The number of alkyl halides is 3. The number of anilines is 1. The normalized spacial score (nSPS) is 18.8. The molecule has 11 nitrogen and oxygen atoms in total. The summed E-state index contributed by atoms with van der Waals surface area (Å²) >= 11 is 0. The number of aromatic nitrogens is 2. The summed E-state index contributed by atoms with van der Waals surface area (Å²) in [7, 11) is 2.11. The van der Waals surface area contributed by atoms with Gasteiger partial charge in [0.05, 0.1) is 13.2 Å². The first-order valence-electron chi connectivity index (χ1n) is 14.0. The Morgan fingerprint density at radius 2 is 1.70 bits per heavy atom. The predicted octanol–water partition coefficient (Wildman–Crippen LogP) is 5.29. The molecule has 0 spiro atoms. The van der Waals surface area contributed by atoms with Crippen molar-refractivity contribution in [3.05, 3.63) is 64.8 Å². The Kier molecular flexibility index (Phi) is 8.85. The van der Waals surface area contributed by atoms with Gasteiger partial charge in [-0.25, -0.2) is 0 Å². The number of piperidine rings is 1. The third-order valence-corrected chi connectivity index (χ3v) is 7.57. The van der Waals surface area contributed by atoms with Crippen LogP contribution in [0.4, 0.5) is 24.7 Å². The highest BCUT2D eigenvalue weighted by Gasteiger charge is 2.41. The molecule has 0 radical (unpaired) electrons. The molecule has 0 aliphatic carbocycles. The fourth-order valence-electron chi connectivity index (χ4n) is 5.33. The summed E-state index contributed by atoms with van der Waals surface area (Å²) < 4.78 is 59.8. The van der Waals surface area contributed by atoms with Gasteiger partial charge in [0.1, 0.15) is 30.1 Å². The van der Waals surface area contributed by atoms with Crippen molar-refractivity contribution in [2.24, 2.45) is 0 Å². The van der Waals surface area contributed by atoms with Gasteiger partial charge in [0, 0.05) is 36.3 Å². The van der Waals surface area contributed by atoms with Crippen LogP contribution in [0.1, 0.15) is 26.2 Å². The fourth-order valence-corrected chi connectivity index (χ4v) is 5.33. The maximum Gasteiger partial charge on any atom is 0.573 e. The zero-order valence-electron chi connectivity index (χ0n) is 24.0. The first-order valence-corrected chi connectivity index (χ1v) is 14.0. The quantitative estimate of drug-likeness (QED) is 0.155. The summed E-state index contributed by atoms with van der Waals surface area (Å²) in [6, 6.07) is 14.1. The molecule has 14 heteroatoms. The molecule has 0 saturated carbocycles. The molecule has 2 aliphatic heterocycles. The Balaban J connectivity index is 0.992. The van der Waals surface area contributed by atoms with Crippen molar-refractivity contribution in [2.75, 3.05) is 44.8 Å². The van der Waals surface area contributed by atoms with Crippen LogP contribution in [0.5, 0.6) is 23.3 Å². The van der Waals surface area contributed by atoms with Crippen molar-refractivity contribution in [3.8, 4) is 23.3 Å². The van der Waals surface area contributed by atoms with Crippen LogP contribution in [0.15, 0.2) is 54.7 Å². The van der Waals surface area contributed by atoms with E-state index in [-0.39, 0.29) is 24.2 Å². The van der Waals surface area contributed by atoms with Crippen LogP contribution >= 0.6 is 0 Å². The smallest absolute Gasteiger partial charge is 0.494 e. The van der Waals surface area contributed by atoms with Gasteiger partial charge < -0.3 is 38.9 Å². The van der Waals surface area contributed by atoms with Crippen molar-refractivity contribution in [2.45, 2.75) is 50.7 Å². The molecule has 1 aromatic heterocycles. The van der Waals surface area contributed by atoms with E-state index in [2.05, 4.69) is 26.6 Å². The molecule has 5 rings (SSSR count). The van der Waals surface area contributed by atoms with E-state index >= 15 is 0 Å². The molecule has 0 amide bonds. The number of nitrogens with zero attached hydrogens (tertiary/aromatic N) is 5. The number of rotatable bonds is 12. The van der Waals surface area contributed by atoms with E-state index in [1.54, 1.807) is 4.57 Å². The number of hydrogen-bond donors (Lipinski definition) is 0. The summed E-state index contributed by atoms with van der Waals surface area (Å²) in [6.07, 6.45) is -0.487. The van der Waals surface area contributed by atoms with Crippen molar-refractivity contribution in [3.63, 3.8) is 0 Å². The minimum atomic E-state index is -4.71. The van der Waals surface area contributed by atoms with Crippen LogP contribution < -0.4 is 23.8 Å². The second-order valence-electron chi connectivity index (χ2n) is 11.0. The Bertz CT molecular complexity index is 1350. The van der Waals surface area contributed by atoms with E-state index < -0.39 is 16.9 Å². The van der Waals surface area contributed by atoms with Gasteiger partial charge in [-0.3, -0.25) is 4.57 Å². The fraction of sp³-hybridized carbons (Fsp3) is 0.483. The number of nitro groups is 1. The van der Waals surface area contributed by atoms with Crippen molar-refractivity contribution in [1.29, 1.82) is 0 Å². The number of halogens is 3. The van der Waals surface area contributed by atoms with Crippen molar-refractivity contribution in [1.82, 2.24) is 14.5 Å². The second kappa shape index (κ2) is 12.6. The maximum absolute atomic E-state index is 12.3. The van der Waals surface area contributed by atoms with Crippen LogP contribution in [-0.4, -0.2) is 77.3 Å². The number of fused-ring (bicyclic) bond motifs is 1. The third-order valence-electron chi connectivity index (χ3n) is 7.57. The highest BCUT2D eigenvalue weighted by molar-refractivity contribution is 5.49. The van der Waals surface area contributed by atoms with E-state index in [1.807, 2.05) is 31.2 Å². The summed E-state index contributed by atoms with van der Waals surface area (Å²) in [5.74, 6) is 0.713. The van der Waals surface area contributed by atoms with Crippen LogP contribution in [0.25, 0.3) is 0 Å². The van der Waals surface area contributed by atoms with Gasteiger partial charge in [0.15, 0.2) is 5.60 Å². The highest BCUT2D eigenvalue weighted by Crippen LogP contribution is 2.32. The van der Waals surface area contributed by atoms with Crippen molar-refractivity contribution >= 4 is 11.5 Å². The molecule has 0 N–H and O–H groups in total. The lowest BCUT2D eigenvalue weighted by Crippen LogP contribution is -2.43. The van der Waals surface area contributed by atoms with Gasteiger partial charge in [-0.05, 0) is 86.7 Å². The van der Waals surface area contributed by atoms with Crippen LogP contribution in [-0.2, 0) is 6.54 Å². The summed E-state index contributed by atoms with van der Waals surface area (Å²) in [6.45, 7) is 5.75. The number of benzene rings is 2. The molecular weight excluding hydrogens is 571 g/mol. The molecule has 3 aromatic rings. The lowest BCUT2D eigenvalue weighted by Gasteiger charge is -2.38. The molecule has 1 fully saturated rings. The lowest BCUT2D eigenvalue weighted by atomic mass is 10.0. The average molecular weight is 606 g/mol. The standard InChI is InChI=1S/C29H34F3N5O6/c1-28(19-36-18-26(37(38)39)33-27(36)43-28)20-41-24-6-4-22(5-7-24)35-15-12-21(13-16-35)34(2)14-3-17-40-23-8-10-25(11-9-23)42-29(30,31)32/h4-11,18,21H,3,12-17,19-20H2,1-2H3/t28-/m1/s1. The van der Waals surface area contributed by atoms with Gasteiger partial charge >= 0.3 is 18.2 Å². The summed E-state index contributed by atoms with van der Waals surface area (Å²) in [5, 5.41) is 10.9. The second-order valence-corrected chi connectivity index (χ2v) is 11.0. The molecule has 1 saturated heterocycles. The third kappa shape index (κ3) is 8.00. The Morgan fingerprint density at radius 1 is 1.07 bits per heavy atom. The first kappa shape index (κ1) is 30.3. The van der Waals surface area contributed by atoms with Gasteiger partial charge in [-0.15, -0.1) is 13.2 Å². The van der Waals surface area contributed by atoms with Gasteiger partial charge in [0.2, 0.25) is 0 Å². The van der Waals surface area contributed by atoms with Crippen molar-refractivity contribution < 1.29 is 37.0 Å². The molecular formula is C29H34F3N5O6. The van der Waals surface area contributed by atoms with E-state index in [4.69, 9.17) is 14.2 Å². The predicted molar refractivity (Wildman–Crippen MR) is 151 cm³/mol. The summed E-state index contributed by atoms with van der Waals surface area (Å²) in [5.41, 5.74) is 0.459. The number of imidazole rings is 1. The number of ether oxygens (including phenoxy) is 4. The lowest BCUT2D eigenvalue weighted by molar-refractivity contribution is -0.389. The van der Waals surface area contributed by atoms with Gasteiger partial charge in [0.25, 0.3) is 0 Å². The highest BCUT2D eigenvalue weighted by atomic mass is 19.4. The first-order chi connectivity index (χ1) is 20.5. The Hall–Kier alpha value is -4.20. The molecule has 0 bridgehead atoms. The Morgan fingerprint density at radius 3 is 2.33 bits per heavy atom. The van der Waals surface area contributed by atoms with E-state index in [9.17, 15) is 23.3 Å². The molecule has 0 unspecified atom stereocenters. The monoisotopic (exact) mass is 605 g/mol.